The fourth-order valence-corrected chi connectivity index (χ4v) is 2.54. The lowest BCUT2D eigenvalue weighted by molar-refractivity contribution is 0.0208. The van der Waals surface area contributed by atoms with E-state index in [0.717, 1.165) is 5.56 Å². The van der Waals surface area contributed by atoms with Gasteiger partial charge in [0.05, 0.1) is 11.1 Å². The summed E-state index contributed by atoms with van der Waals surface area (Å²) in [6, 6.07) is 3.64. The van der Waals surface area contributed by atoms with Gasteiger partial charge in [-0.05, 0) is 30.5 Å². The molecule has 16 heavy (non-hydrogen) atoms. The molecular weight excluding hydrogens is 230 g/mol. The van der Waals surface area contributed by atoms with E-state index in [1.54, 1.807) is 6.07 Å². The molecule has 0 aromatic heterocycles. The number of ether oxygens (including phenoxy) is 2. The minimum atomic E-state index is -0.482. The van der Waals surface area contributed by atoms with Gasteiger partial charge < -0.3 is 20.3 Å². The van der Waals surface area contributed by atoms with Crippen LogP contribution in [0.4, 0.5) is 0 Å². The number of hydrogen-bond donors (Lipinski definition) is 2. The zero-order valence-corrected chi connectivity index (χ0v) is 9.33. The maximum Gasteiger partial charge on any atom is 0.231 e. The molecular formula is C11H12ClNO3. The number of benzene rings is 1. The van der Waals surface area contributed by atoms with Crippen LogP contribution in [0, 0.1) is 0 Å². The van der Waals surface area contributed by atoms with Crippen LogP contribution in [-0.4, -0.2) is 18.0 Å². The lowest BCUT2D eigenvalue weighted by atomic mass is 9.70. The van der Waals surface area contributed by atoms with E-state index >= 15 is 0 Å². The molecule has 0 amide bonds. The normalized spacial score (nSPS) is 31.3. The van der Waals surface area contributed by atoms with Gasteiger partial charge in [-0.25, -0.2) is 0 Å². The van der Waals surface area contributed by atoms with Gasteiger partial charge in [0.15, 0.2) is 11.5 Å². The smallest absolute Gasteiger partial charge is 0.231 e. The van der Waals surface area contributed by atoms with Crippen LogP contribution in [-0.2, 0) is 5.54 Å². The molecule has 1 heterocycles. The molecule has 4 nitrogen and oxygen atoms in total. The summed E-state index contributed by atoms with van der Waals surface area (Å²) in [5.74, 6) is 1.21. The van der Waals surface area contributed by atoms with Crippen molar-refractivity contribution in [2.24, 2.45) is 5.73 Å². The number of aliphatic hydroxyl groups excluding tert-OH is 1. The lowest BCUT2D eigenvalue weighted by Gasteiger charge is -2.42. The van der Waals surface area contributed by atoms with Crippen LogP contribution in [0.3, 0.4) is 0 Å². The molecule has 0 spiro atoms. The van der Waals surface area contributed by atoms with Gasteiger partial charge in [-0.2, -0.15) is 0 Å². The van der Waals surface area contributed by atoms with E-state index in [0.29, 0.717) is 29.4 Å². The van der Waals surface area contributed by atoms with Gasteiger partial charge in [-0.15, -0.1) is 0 Å². The highest BCUT2D eigenvalue weighted by Gasteiger charge is 2.42. The van der Waals surface area contributed by atoms with Gasteiger partial charge in [0.2, 0.25) is 6.79 Å². The first-order valence-electron chi connectivity index (χ1n) is 5.15. The quantitative estimate of drug-likeness (QED) is 0.780. The molecule has 1 aromatic rings. The molecule has 2 aliphatic rings. The molecule has 0 bridgehead atoms. The second kappa shape index (κ2) is 3.26. The Hall–Kier alpha value is -0.970. The fourth-order valence-electron chi connectivity index (χ4n) is 2.27. The van der Waals surface area contributed by atoms with Crippen molar-refractivity contribution in [2.75, 3.05) is 6.79 Å². The van der Waals surface area contributed by atoms with Crippen LogP contribution in [0.1, 0.15) is 18.4 Å². The predicted octanol–water partition coefficient (Wildman–Crippen LogP) is 1.38. The van der Waals surface area contributed by atoms with Crippen molar-refractivity contribution in [1.82, 2.24) is 0 Å². The number of nitrogens with two attached hydrogens (primary N) is 1. The van der Waals surface area contributed by atoms with Crippen LogP contribution < -0.4 is 15.2 Å². The van der Waals surface area contributed by atoms with Gasteiger partial charge in [0, 0.05) is 5.54 Å². The summed E-state index contributed by atoms with van der Waals surface area (Å²) in [6.07, 6.45) is 0.806. The number of hydrogen-bond acceptors (Lipinski definition) is 4. The highest BCUT2D eigenvalue weighted by atomic mass is 35.5. The van der Waals surface area contributed by atoms with Crippen molar-refractivity contribution < 1.29 is 14.6 Å². The average molecular weight is 242 g/mol. The third-order valence-corrected chi connectivity index (χ3v) is 3.48. The first kappa shape index (κ1) is 10.2. The number of halogens is 1. The lowest BCUT2D eigenvalue weighted by Crippen LogP contribution is -2.51. The topological polar surface area (TPSA) is 64.7 Å². The fraction of sp³-hybridized carbons (Fsp3) is 0.455. The van der Waals surface area contributed by atoms with E-state index in [4.69, 9.17) is 26.8 Å². The van der Waals surface area contributed by atoms with E-state index < -0.39 is 5.54 Å². The molecule has 0 radical (unpaired) electrons. The highest BCUT2D eigenvalue weighted by molar-refractivity contribution is 6.32. The molecule has 1 saturated carbocycles. The zero-order valence-electron chi connectivity index (χ0n) is 8.57. The van der Waals surface area contributed by atoms with E-state index in [2.05, 4.69) is 0 Å². The van der Waals surface area contributed by atoms with E-state index in [-0.39, 0.29) is 12.9 Å². The van der Waals surface area contributed by atoms with E-state index in [9.17, 15) is 5.11 Å². The molecule has 1 aliphatic carbocycles. The van der Waals surface area contributed by atoms with Crippen LogP contribution in [0.15, 0.2) is 12.1 Å². The number of aliphatic hydroxyl groups is 1. The predicted molar refractivity (Wildman–Crippen MR) is 58.7 cm³/mol. The Morgan fingerprint density at radius 3 is 2.81 bits per heavy atom. The van der Waals surface area contributed by atoms with Crippen molar-refractivity contribution in [3.63, 3.8) is 0 Å². The van der Waals surface area contributed by atoms with Gasteiger partial charge in [-0.1, -0.05) is 11.6 Å². The van der Waals surface area contributed by atoms with E-state index in [1.807, 2.05) is 6.07 Å². The second-order valence-electron chi connectivity index (χ2n) is 4.41. The maximum absolute atomic E-state index is 9.34. The SMILES string of the molecule is NC1(c2cc(Cl)c3c(c2)OCO3)CC(O)C1. The summed E-state index contributed by atoms with van der Waals surface area (Å²) >= 11 is 6.08. The maximum atomic E-state index is 9.34. The third-order valence-electron chi connectivity index (χ3n) is 3.20. The minimum Gasteiger partial charge on any atom is -0.454 e. The molecule has 0 atom stereocenters. The molecule has 1 aromatic carbocycles. The van der Waals surface area contributed by atoms with Crippen LogP contribution in [0.5, 0.6) is 11.5 Å². The monoisotopic (exact) mass is 241 g/mol. The third kappa shape index (κ3) is 1.38. The van der Waals surface area contributed by atoms with Crippen molar-refractivity contribution in [3.05, 3.63) is 22.7 Å². The first-order valence-corrected chi connectivity index (χ1v) is 5.53. The van der Waals surface area contributed by atoms with Gasteiger partial charge in [0.25, 0.3) is 0 Å². The standard InChI is InChI=1S/C11H12ClNO3/c12-8-1-6(11(13)3-7(14)4-11)2-9-10(8)16-5-15-9/h1-2,7,14H,3-5,13H2. The molecule has 5 heteroatoms. The minimum absolute atomic E-state index is 0.193. The summed E-state index contributed by atoms with van der Waals surface area (Å²) < 4.78 is 10.5. The Bertz CT molecular complexity index is 443. The second-order valence-corrected chi connectivity index (χ2v) is 4.82. The molecule has 1 fully saturated rings. The molecule has 0 unspecified atom stereocenters. The first-order chi connectivity index (χ1) is 7.58. The summed E-state index contributed by atoms with van der Waals surface area (Å²) in [6.45, 7) is 0.193. The number of rotatable bonds is 1. The van der Waals surface area contributed by atoms with Crippen LogP contribution in [0.25, 0.3) is 0 Å². The highest BCUT2D eigenvalue weighted by Crippen LogP contribution is 2.46. The summed E-state index contributed by atoms with van der Waals surface area (Å²) in [5.41, 5.74) is 6.58. The van der Waals surface area contributed by atoms with Gasteiger partial charge >= 0.3 is 0 Å². The Morgan fingerprint density at radius 2 is 2.12 bits per heavy atom. The van der Waals surface area contributed by atoms with Crippen molar-refractivity contribution in [2.45, 2.75) is 24.5 Å². The van der Waals surface area contributed by atoms with Crippen molar-refractivity contribution in [3.8, 4) is 11.5 Å². The van der Waals surface area contributed by atoms with E-state index in [1.165, 1.54) is 0 Å². The summed E-state index contributed by atoms with van der Waals surface area (Å²) in [5, 5.41) is 9.85. The largest absolute Gasteiger partial charge is 0.454 e. The summed E-state index contributed by atoms with van der Waals surface area (Å²) in [7, 11) is 0. The van der Waals surface area contributed by atoms with Gasteiger partial charge in [0.1, 0.15) is 0 Å². The van der Waals surface area contributed by atoms with Crippen LogP contribution >= 0.6 is 11.6 Å². The Morgan fingerprint density at radius 1 is 1.38 bits per heavy atom. The number of fused-ring (bicyclic) bond motifs is 1. The molecule has 3 N–H and O–H groups in total. The molecule has 86 valence electrons. The molecule has 1 aliphatic heterocycles. The molecule has 3 rings (SSSR count). The Kier molecular flexibility index (Phi) is 2.08. The van der Waals surface area contributed by atoms with Crippen LogP contribution in [0.2, 0.25) is 5.02 Å². The average Bonchev–Trinajstić information content (AvgIpc) is 2.63. The Balaban J connectivity index is 2.00. The summed E-state index contributed by atoms with van der Waals surface area (Å²) in [4.78, 5) is 0. The molecule has 0 saturated heterocycles. The van der Waals surface area contributed by atoms with Crippen molar-refractivity contribution in [1.29, 1.82) is 0 Å². The Labute approximate surface area is 97.9 Å². The van der Waals surface area contributed by atoms with Crippen molar-refractivity contribution >= 4 is 11.6 Å². The van der Waals surface area contributed by atoms with Gasteiger partial charge in [-0.3, -0.25) is 0 Å². The zero-order chi connectivity index (χ0) is 11.3.